The van der Waals surface area contributed by atoms with Crippen LogP contribution in [0, 0.1) is 0 Å². The van der Waals surface area contributed by atoms with Crippen molar-refractivity contribution in [1.29, 1.82) is 0 Å². The highest BCUT2D eigenvalue weighted by molar-refractivity contribution is 6.15. The first-order valence-electron chi connectivity index (χ1n) is 21.7. The Morgan fingerprint density at radius 2 is 1.09 bits per heavy atom. The number of nitrogens with zero attached hydrogens (tertiary/aromatic N) is 3. The maximum absolute atomic E-state index is 6.91. The molecule has 1 atom stereocenters. The van der Waals surface area contributed by atoms with E-state index in [2.05, 4.69) is 162 Å². The lowest BCUT2D eigenvalue weighted by Gasteiger charge is -2.16. The average molecular weight is 822 g/mol. The van der Waals surface area contributed by atoms with Gasteiger partial charge in [-0.2, -0.15) is 0 Å². The second-order valence-corrected chi connectivity index (χ2v) is 16.7. The van der Waals surface area contributed by atoms with Gasteiger partial charge in [0, 0.05) is 61.1 Å². The minimum absolute atomic E-state index is 0.182. The van der Waals surface area contributed by atoms with Gasteiger partial charge in [0.25, 0.3) is 0 Å². The summed E-state index contributed by atoms with van der Waals surface area (Å²) < 4.78 is 22.3. The number of rotatable bonds is 5. The molecule has 64 heavy (non-hydrogen) atoms. The topological polar surface area (TPSA) is 66.2 Å². The molecule has 0 spiro atoms. The monoisotopic (exact) mass is 821 g/mol. The Kier molecular flexibility index (Phi) is 7.42. The normalized spacial score (nSPS) is 14.7. The van der Waals surface area contributed by atoms with Gasteiger partial charge in [-0.25, -0.2) is 9.97 Å². The Morgan fingerprint density at radius 3 is 1.92 bits per heavy atom. The number of fused-ring (bicyclic) bond motifs is 12. The highest BCUT2D eigenvalue weighted by Crippen LogP contribution is 2.50. The number of hydrogen-bond acceptors (Lipinski definition) is 5. The van der Waals surface area contributed by atoms with Crippen molar-refractivity contribution in [3.05, 3.63) is 205 Å². The summed E-state index contributed by atoms with van der Waals surface area (Å²) in [7, 11) is 0. The smallest absolute Gasteiger partial charge is 0.172 e. The number of furan rings is 2. The molecule has 0 bridgehead atoms. The lowest BCUT2D eigenvalue weighted by Crippen LogP contribution is -2.13. The first-order valence-corrected chi connectivity index (χ1v) is 21.7. The molecule has 0 saturated heterocycles. The SMILES string of the molecule is C1=C(c2ccccc2)C=C2c3nc(-c4cccc5oc6ccc(-c7ccc8c(c7)c7ccccc7n8-c7ccccc7)cc6c45)nc(-c4cccc5oc6ccccc6c45)c3OC2C1. The molecule has 14 rings (SSSR count). The van der Waals surface area contributed by atoms with Crippen LogP contribution in [-0.4, -0.2) is 20.6 Å². The van der Waals surface area contributed by atoms with Crippen molar-refractivity contribution in [2.45, 2.75) is 12.5 Å². The first-order chi connectivity index (χ1) is 31.7. The van der Waals surface area contributed by atoms with Crippen LogP contribution in [0.1, 0.15) is 17.7 Å². The minimum atomic E-state index is -0.182. The maximum Gasteiger partial charge on any atom is 0.172 e. The number of allylic oxidation sites excluding steroid dienone is 2. The van der Waals surface area contributed by atoms with Gasteiger partial charge in [-0.15, -0.1) is 0 Å². The molecule has 0 radical (unpaired) electrons. The molecular weight excluding hydrogens is 787 g/mol. The lowest BCUT2D eigenvalue weighted by molar-refractivity contribution is 0.279. The zero-order valence-electron chi connectivity index (χ0n) is 34.3. The number of benzene rings is 8. The van der Waals surface area contributed by atoms with E-state index in [1.165, 1.54) is 21.8 Å². The van der Waals surface area contributed by atoms with Crippen LogP contribution in [0.4, 0.5) is 0 Å². The lowest BCUT2D eigenvalue weighted by atomic mass is 9.91. The summed E-state index contributed by atoms with van der Waals surface area (Å²) in [5.74, 6) is 1.30. The van der Waals surface area contributed by atoms with Crippen molar-refractivity contribution >= 4 is 76.8 Å². The van der Waals surface area contributed by atoms with Crippen LogP contribution >= 0.6 is 0 Å². The van der Waals surface area contributed by atoms with Gasteiger partial charge in [-0.05, 0) is 89.0 Å². The molecule has 0 fully saturated rings. The Labute approximate surface area is 366 Å². The van der Waals surface area contributed by atoms with Gasteiger partial charge in [0.2, 0.25) is 0 Å². The highest BCUT2D eigenvalue weighted by atomic mass is 16.5. The third kappa shape index (κ3) is 5.20. The van der Waals surface area contributed by atoms with Crippen LogP contribution < -0.4 is 4.74 Å². The van der Waals surface area contributed by atoms with Gasteiger partial charge in [0.05, 0.1) is 11.0 Å². The van der Waals surface area contributed by atoms with Gasteiger partial charge in [-0.3, -0.25) is 0 Å². The third-order valence-electron chi connectivity index (χ3n) is 13.1. The molecule has 300 valence electrons. The van der Waals surface area contributed by atoms with Gasteiger partial charge in [0.1, 0.15) is 39.8 Å². The van der Waals surface area contributed by atoms with E-state index in [0.29, 0.717) is 11.6 Å². The summed E-state index contributed by atoms with van der Waals surface area (Å²) in [5, 5.41) is 6.43. The summed E-state index contributed by atoms with van der Waals surface area (Å²) >= 11 is 0. The van der Waals surface area contributed by atoms with Crippen molar-refractivity contribution in [2.24, 2.45) is 0 Å². The molecule has 6 heteroatoms. The summed E-state index contributed by atoms with van der Waals surface area (Å²) in [6.07, 6.45) is 5.06. The fourth-order valence-corrected chi connectivity index (χ4v) is 10.2. The predicted molar refractivity (Wildman–Crippen MR) is 259 cm³/mol. The molecule has 12 aromatic rings. The number of para-hydroxylation sites is 3. The van der Waals surface area contributed by atoms with Crippen molar-refractivity contribution in [3.8, 4) is 45.2 Å². The van der Waals surface area contributed by atoms with E-state index in [1.807, 2.05) is 36.4 Å². The summed E-state index contributed by atoms with van der Waals surface area (Å²) in [6, 6.07) is 63.6. The van der Waals surface area contributed by atoms with Crippen molar-refractivity contribution in [2.75, 3.05) is 0 Å². The summed E-state index contributed by atoms with van der Waals surface area (Å²) in [5.41, 5.74) is 15.7. The van der Waals surface area contributed by atoms with Crippen LogP contribution in [0.2, 0.25) is 0 Å². The first kappa shape index (κ1) is 35.2. The molecule has 8 aromatic carbocycles. The minimum Gasteiger partial charge on any atom is -0.481 e. The highest BCUT2D eigenvalue weighted by Gasteiger charge is 2.36. The fourth-order valence-electron chi connectivity index (χ4n) is 10.2. The van der Waals surface area contributed by atoms with E-state index >= 15 is 0 Å². The Balaban J connectivity index is 0.978. The summed E-state index contributed by atoms with van der Waals surface area (Å²) in [6.45, 7) is 0. The van der Waals surface area contributed by atoms with Crippen molar-refractivity contribution < 1.29 is 13.6 Å². The molecule has 0 amide bonds. The molecule has 0 N–H and O–H groups in total. The molecule has 2 aliphatic rings. The number of ether oxygens (including phenoxy) is 1. The van der Waals surface area contributed by atoms with Crippen LogP contribution in [0.3, 0.4) is 0 Å². The van der Waals surface area contributed by atoms with Gasteiger partial charge in [-0.1, -0.05) is 127 Å². The van der Waals surface area contributed by atoms with Crippen molar-refractivity contribution in [1.82, 2.24) is 14.5 Å². The predicted octanol–water partition coefficient (Wildman–Crippen LogP) is 15.0. The van der Waals surface area contributed by atoms with E-state index in [-0.39, 0.29) is 6.10 Å². The van der Waals surface area contributed by atoms with Crippen molar-refractivity contribution in [3.63, 3.8) is 0 Å². The van der Waals surface area contributed by atoms with Gasteiger partial charge < -0.3 is 18.1 Å². The maximum atomic E-state index is 6.91. The van der Waals surface area contributed by atoms with Crippen LogP contribution in [-0.2, 0) is 0 Å². The molecule has 0 saturated carbocycles. The third-order valence-corrected chi connectivity index (χ3v) is 13.1. The standard InChI is InChI=1S/C58H35N3O3/c1-3-13-34(14-4-1)35-26-30-50-45(33-35)56-57(64-50)55(41-19-11-23-51-53(41)40-18-8-10-22-48(40)62-51)59-58(60-56)42-20-12-24-52-54(42)44-32-37(27-29-49(44)63-52)36-25-28-47-43(31-36)39-17-7-9-21-46(39)61(47)38-15-5-2-6-16-38/h1-29,31-33,50H,30H2. The fraction of sp³-hybridized carbons (Fsp3) is 0.0345. The molecule has 6 nitrogen and oxygen atoms in total. The van der Waals surface area contributed by atoms with E-state index in [0.717, 1.165) is 106 Å². The number of aromatic nitrogens is 3. The largest absolute Gasteiger partial charge is 0.481 e. The second-order valence-electron chi connectivity index (χ2n) is 16.7. The Bertz CT molecular complexity index is 3960. The molecule has 4 aromatic heterocycles. The Morgan fingerprint density at radius 1 is 0.469 bits per heavy atom. The van der Waals surface area contributed by atoms with E-state index in [9.17, 15) is 0 Å². The molecule has 5 heterocycles. The molecule has 1 unspecified atom stereocenters. The zero-order valence-corrected chi connectivity index (χ0v) is 34.3. The quantitative estimate of drug-likeness (QED) is 0.173. The van der Waals surface area contributed by atoms with E-state index < -0.39 is 0 Å². The summed E-state index contributed by atoms with van der Waals surface area (Å²) in [4.78, 5) is 11.0. The van der Waals surface area contributed by atoms with Crippen LogP contribution in [0.15, 0.2) is 203 Å². The van der Waals surface area contributed by atoms with Gasteiger partial charge >= 0.3 is 0 Å². The molecule has 1 aliphatic heterocycles. The van der Waals surface area contributed by atoms with E-state index in [1.54, 1.807) is 0 Å². The van der Waals surface area contributed by atoms with E-state index in [4.69, 9.17) is 23.5 Å². The Hall–Kier alpha value is -8.48. The molecule has 1 aliphatic carbocycles. The zero-order chi connectivity index (χ0) is 41.9. The van der Waals surface area contributed by atoms with Crippen LogP contribution in [0.5, 0.6) is 5.75 Å². The number of hydrogen-bond donors (Lipinski definition) is 0. The van der Waals surface area contributed by atoms with Crippen LogP contribution in [0.25, 0.3) is 116 Å². The average Bonchev–Trinajstić information content (AvgIpc) is 4.12. The molecular formula is C58H35N3O3. The van der Waals surface area contributed by atoms with Gasteiger partial charge in [0.15, 0.2) is 11.6 Å². The second kappa shape index (κ2) is 13.5.